The molecule has 5 aliphatic rings. The van der Waals surface area contributed by atoms with Gasteiger partial charge in [-0.15, -0.1) is 0 Å². The molecule has 1 amide bonds. The van der Waals surface area contributed by atoms with Crippen LogP contribution in [0.4, 0.5) is 0 Å². The maximum absolute atomic E-state index is 14.2. The van der Waals surface area contributed by atoms with Crippen molar-refractivity contribution >= 4 is 15.9 Å². The number of fused-ring (bicyclic) bond motifs is 5. The van der Waals surface area contributed by atoms with Crippen LogP contribution in [0, 0.1) is 51.8 Å². The minimum atomic E-state index is -3.69. The number of carbonyl (C=O) groups excluding carboxylic acids is 1. The van der Waals surface area contributed by atoms with E-state index in [9.17, 15) is 13.2 Å². The maximum atomic E-state index is 14.2. The molecule has 0 aromatic rings. The Hall–Kier alpha value is -0.620. The summed E-state index contributed by atoms with van der Waals surface area (Å²) in [7, 11) is -3.69. The Bertz CT molecular complexity index is 1010. The summed E-state index contributed by atoms with van der Waals surface area (Å²) >= 11 is 0. The summed E-state index contributed by atoms with van der Waals surface area (Å²) < 4.78 is 33.3. The first kappa shape index (κ1) is 27.9. The van der Waals surface area contributed by atoms with Crippen molar-refractivity contribution < 1.29 is 17.9 Å². The van der Waals surface area contributed by atoms with Crippen molar-refractivity contribution in [1.82, 2.24) is 4.31 Å². The number of sulfonamides is 1. The third-order valence-electron chi connectivity index (χ3n) is 12.8. The highest BCUT2D eigenvalue weighted by atomic mass is 32.2. The Morgan fingerprint density at radius 3 is 2.35 bits per heavy atom. The van der Waals surface area contributed by atoms with E-state index in [1.54, 1.807) is 0 Å². The van der Waals surface area contributed by atoms with Crippen molar-refractivity contribution in [2.45, 2.75) is 124 Å². The van der Waals surface area contributed by atoms with Crippen molar-refractivity contribution in [3.8, 4) is 0 Å². The van der Waals surface area contributed by atoms with E-state index in [0.717, 1.165) is 42.9 Å². The summed E-state index contributed by atoms with van der Waals surface area (Å²) in [6.45, 7) is 14.5. The molecule has 4 aliphatic carbocycles. The van der Waals surface area contributed by atoms with Crippen molar-refractivity contribution in [3.05, 3.63) is 0 Å². The Kier molecular flexibility index (Phi) is 6.95. The van der Waals surface area contributed by atoms with Crippen LogP contribution < -0.4 is 0 Å². The number of hydrogen-bond donors (Lipinski definition) is 0. The Balaban J connectivity index is 1.41. The van der Waals surface area contributed by atoms with Gasteiger partial charge in [-0.3, -0.25) is 4.79 Å². The fraction of sp³-hybridized carbons (Fsp3) is 0.968. The molecular formula is C31H53NO4S. The third kappa shape index (κ3) is 3.91. The second-order valence-corrected chi connectivity index (χ2v) is 16.7. The van der Waals surface area contributed by atoms with Crippen LogP contribution in [0.2, 0.25) is 0 Å². The first-order valence-electron chi connectivity index (χ1n) is 15.4. The van der Waals surface area contributed by atoms with Crippen LogP contribution in [0.3, 0.4) is 0 Å². The molecule has 0 aromatic carbocycles. The molecule has 0 aromatic heterocycles. The lowest BCUT2D eigenvalue weighted by molar-refractivity contribution is -0.188. The van der Waals surface area contributed by atoms with Crippen LogP contribution >= 0.6 is 0 Å². The van der Waals surface area contributed by atoms with Gasteiger partial charge in [-0.05, 0) is 105 Å². The molecule has 1 spiro atoms. The molecule has 1 saturated heterocycles. The minimum Gasteiger partial charge on any atom is -0.355 e. The second-order valence-electron chi connectivity index (χ2n) is 14.8. The molecule has 1 heterocycles. The number of ether oxygens (including phenoxy) is 1. The zero-order valence-electron chi connectivity index (χ0n) is 24.6. The van der Waals surface area contributed by atoms with Crippen LogP contribution in [-0.4, -0.2) is 37.2 Å². The summed E-state index contributed by atoms with van der Waals surface area (Å²) in [4.78, 5) is 14.2. The number of amides is 1. The Labute approximate surface area is 226 Å². The Morgan fingerprint density at radius 2 is 1.70 bits per heavy atom. The van der Waals surface area contributed by atoms with Crippen LogP contribution in [0.5, 0.6) is 0 Å². The molecular weight excluding hydrogens is 482 g/mol. The lowest BCUT2D eigenvalue weighted by Crippen LogP contribution is -2.60. The summed E-state index contributed by atoms with van der Waals surface area (Å²) in [5.74, 6) is 4.17. The number of hydrogen-bond acceptors (Lipinski definition) is 4. The highest BCUT2D eigenvalue weighted by Gasteiger charge is 2.76. The van der Waals surface area contributed by atoms with Gasteiger partial charge < -0.3 is 4.74 Å². The maximum Gasteiger partial charge on any atom is 0.245 e. The molecule has 0 unspecified atom stereocenters. The highest BCUT2D eigenvalue weighted by molar-refractivity contribution is 7.89. The first-order valence-corrected chi connectivity index (χ1v) is 17.3. The van der Waals surface area contributed by atoms with Gasteiger partial charge in [-0.2, -0.15) is 0 Å². The molecule has 1 aliphatic heterocycles. The molecule has 0 N–H and O–H groups in total. The van der Waals surface area contributed by atoms with Gasteiger partial charge in [-0.1, -0.05) is 53.9 Å². The molecule has 5 rings (SSSR count). The summed E-state index contributed by atoms with van der Waals surface area (Å²) in [5, 5.41) is 0. The molecule has 5 nitrogen and oxygen atoms in total. The van der Waals surface area contributed by atoms with E-state index in [0.29, 0.717) is 36.7 Å². The number of rotatable bonds is 8. The quantitative estimate of drug-likeness (QED) is 0.335. The topological polar surface area (TPSA) is 63.7 Å². The molecule has 5 fully saturated rings. The van der Waals surface area contributed by atoms with Gasteiger partial charge >= 0.3 is 0 Å². The lowest BCUT2D eigenvalue weighted by atomic mass is 9.40. The normalized spacial score (nSPS) is 46.1. The van der Waals surface area contributed by atoms with Crippen molar-refractivity contribution in [1.29, 1.82) is 0 Å². The van der Waals surface area contributed by atoms with Crippen molar-refractivity contribution in [2.75, 3.05) is 12.9 Å². The zero-order valence-corrected chi connectivity index (χ0v) is 25.5. The van der Waals surface area contributed by atoms with Crippen molar-refractivity contribution in [3.63, 3.8) is 0 Å². The molecule has 6 heteroatoms. The van der Waals surface area contributed by atoms with E-state index < -0.39 is 21.2 Å². The van der Waals surface area contributed by atoms with Gasteiger partial charge in [-0.25, -0.2) is 12.7 Å². The van der Waals surface area contributed by atoms with Crippen LogP contribution in [0.25, 0.3) is 0 Å². The van der Waals surface area contributed by atoms with Crippen LogP contribution in [0.1, 0.15) is 119 Å². The molecule has 37 heavy (non-hydrogen) atoms. The second kappa shape index (κ2) is 9.21. The largest absolute Gasteiger partial charge is 0.355 e. The lowest BCUT2D eigenvalue weighted by Gasteiger charge is -2.63. The molecule has 212 valence electrons. The summed E-state index contributed by atoms with van der Waals surface area (Å²) in [6, 6.07) is 0. The van der Waals surface area contributed by atoms with Gasteiger partial charge in [0.05, 0.1) is 11.7 Å². The van der Waals surface area contributed by atoms with Crippen LogP contribution in [0.15, 0.2) is 0 Å². The predicted molar refractivity (Wildman–Crippen MR) is 148 cm³/mol. The standard InChI is InChI=1S/C31H53NO4S/c1-8-36-31-19-18-29(6)26-15-16-28(5)24(22(4)11-9-10-21(2)3)12-13-25(28)23(26)14-17-30(29,20-31)27(33)32(31)37(7,34)35/h21-26H,8-20H2,1-7H3/t22-,23+,24-,25+,26+,28-,29-,30+,31+/m1/s1. The van der Waals surface area contributed by atoms with E-state index >= 15 is 0 Å². The van der Waals surface area contributed by atoms with E-state index in [2.05, 4.69) is 34.6 Å². The third-order valence-corrected chi connectivity index (χ3v) is 13.9. The molecule has 4 saturated carbocycles. The number of nitrogens with zero attached hydrogens (tertiary/aromatic N) is 1. The average Bonchev–Trinajstić information content (AvgIpc) is 3.25. The van der Waals surface area contributed by atoms with Crippen molar-refractivity contribution in [2.24, 2.45) is 51.8 Å². The highest BCUT2D eigenvalue weighted by Crippen LogP contribution is 2.75. The number of carbonyl (C=O) groups is 1. The van der Waals surface area contributed by atoms with Gasteiger partial charge in [0.25, 0.3) is 0 Å². The van der Waals surface area contributed by atoms with E-state index in [-0.39, 0.29) is 11.3 Å². The van der Waals surface area contributed by atoms with Gasteiger partial charge in [0.15, 0.2) is 5.72 Å². The Morgan fingerprint density at radius 1 is 0.973 bits per heavy atom. The molecule has 9 atom stereocenters. The van der Waals surface area contributed by atoms with E-state index in [4.69, 9.17) is 4.74 Å². The van der Waals surface area contributed by atoms with E-state index in [1.807, 2.05) is 6.92 Å². The van der Waals surface area contributed by atoms with Gasteiger partial charge in [0.2, 0.25) is 15.9 Å². The van der Waals surface area contributed by atoms with Gasteiger partial charge in [0, 0.05) is 13.0 Å². The predicted octanol–water partition coefficient (Wildman–Crippen LogP) is 7.01. The van der Waals surface area contributed by atoms with Crippen LogP contribution in [-0.2, 0) is 19.6 Å². The molecule has 0 radical (unpaired) electrons. The fourth-order valence-corrected chi connectivity index (χ4v) is 12.5. The monoisotopic (exact) mass is 535 g/mol. The smallest absolute Gasteiger partial charge is 0.245 e. The average molecular weight is 536 g/mol. The SMILES string of the molecule is CCO[C@@]12CC[C@]3(C)[C@H]4CC[C@]5(C)[C@@H]([C@H](C)CCCC(C)C)CC[C@H]5[C@@H]4CC[C@]3(C1)C(=O)N2S(C)(=O)=O. The first-order chi connectivity index (χ1) is 17.3. The molecule has 2 bridgehead atoms. The van der Waals surface area contributed by atoms with Gasteiger partial charge in [0.1, 0.15) is 0 Å². The fourth-order valence-electron chi connectivity index (χ4n) is 11.2. The summed E-state index contributed by atoms with van der Waals surface area (Å²) in [6.07, 6.45) is 14.4. The summed E-state index contributed by atoms with van der Waals surface area (Å²) in [5.41, 5.74) is -1.30. The zero-order chi connectivity index (χ0) is 27.0. The minimum absolute atomic E-state index is 0.144. The van der Waals surface area contributed by atoms with E-state index in [1.165, 1.54) is 55.5 Å².